The van der Waals surface area contributed by atoms with Crippen molar-refractivity contribution in [2.45, 2.75) is 32.0 Å². The van der Waals surface area contributed by atoms with Gasteiger partial charge in [-0.3, -0.25) is 4.90 Å². The normalized spacial score (nSPS) is 14.4. The minimum absolute atomic E-state index is 0.0659. The molecule has 20 heavy (non-hydrogen) atoms. The summed E-state index contributed by atoms with van der Waals surface area (Å²) in [5, 5.41) is 0.742. The second kappa shape index (κ2) is 6.93. The molecule has 2 rings (SSSR count). The molecule has 0 aliphatic carbocycles. The van der Waals surface area contributed by atoms with Crippen molar-refractivity contribution in [1.29, 1.82) is 0 Å². The molecule has 0 saturated carbocycles. The van der Waals surface area contributed by atoms with Gasteiger partial charge in [0, 0.05) is 11.1 Å². The van der Waals surface area contributed by atoms with Crippen LogP contribution in [0.2, 0.25) is 5.02 Å². The summed E-state index contributed by atoms with van der Waals surface area (Å²) in [5.41, 5.74) is 7.49. The molecule has 0 saturated heterocycles. The van der Waals surface area contributed by atoms with Gasteiger partial charge >= 0.3 is 0 Å². The molecule has 1 aromatic heterocycles. The van der Waals surface area contributed by atoms with Gasteiger partial charge in [0.05, 0.1) is 18.8 Å². The third kappa shape index (κ3) is 3.63. The fraction of sp³-hybridized carbons (Fsp3) is 0.375. The number of halogens is 1. The quantitative estimate of drug-likeness (QED) is 0.879. The van der Waals surface area contributed by atoms with Crippen LogP contribution in [0.25, 0.3) is 0 Å². The number of furan rings is 1. The largest absolute Gasteiger partial charge is 0.468 e. The van der Waals surface area contributed by atoms with Gasteiger partial charge < -0.3 is 10.2 Å². The molecule has 0 spiro atoms. The maximum atomic E-state index is 6.31. The minimum atomic E-state index is 0.0659. The molecule has 2 unspecified atom stereocenters. The molecule has 0 radical (unpaired) electrons. The second-order valence-corrected chi connectivity index (χ2v) is 5.50. The standard InChI is InChI=1S/C16H21ClN2O/c1-3-15(18)16(12-6-8-13(17)9-7-12)19(2)11-14-5-4-10-20-14/h4-10,15-16H,3,11,18H2,1-2H3. The number of nitrogens with zero attached hydrogens (tertiary/aromatic N) is 1. The van der Waals surface area contributed by atoms with Crippen LogP contribution in [0.3, 0.4) is 0 Å². The highest BCUT2D eigenvalue weighted by Gasteiger charge is 2.23. The molecule has 2 aromatic rings. The van der Waals surface area contributed by atoms with E-state index in [0.717, 1.165) is 23.7 Å². The number of benzene rings is 1. The zero-order chi connectivity index (χ0) is 14.5. The first-order chi connectivity index (χ1) is 9.61. The van der Waals surface area contributed by atoms with Crippen LogP contribution in [0.1, 0.15) is 30.7 Å². The Balaban J connectivity index is 2.20. The molecule has 0 amide bonds. The summed E-state index contributed by atoms with van der Waals surface area (Å²) in [6.07, 6.45) is 2.61. The van der Waals surface area contributed by atoms with E-state index in [9.17, 15) is 0 Å². The summed E-state index contributed by atoms with van der Waals surface area (Å²) < 4.78 is 5.42. The average Bonchev–Trinajstić information content (AvgIpc) is 2.94. The molecular weight excluding hydrogens is 272 g/mol. The van der Waals surface area contributed by atoms with Crippen molar-refractivity contribution in [2.24, 2.45) is 5.73 Å². The molecule has 4 heteroatoms. The fourth-order valence-electron chi connectivity index (χ4n) is 2.46. The van der Waals surface area contributed by atoms with Gasteiger partial charge in [-0.2, -0.15) is 0 Å². The lowest BCUT2D eigenvalue weighted by Crippen LogP contribution is -2.38. The van der Waals surface area contributed by atoms with Gasteiger partial charge in [0.1, 0.15) is 5.76 Å². The highest BCUT2D eigenvalue weighted by molar-refractivity contribution is 6.30. The molecule has 0 bridgehead atoms. The molecular formula is C16H21ClN2O. The van der Waals surface area contributed by atoms with E-state index in [1.54, 1.807) is 6.26 Å². The summed E-state index contributed by atoms with van der Waals surface area (Å²) >= 11 is 5.96. The highest BCUT2D eigenvalue weighted by Crippen LogP contribution is 2.26. The summed E-state index contributed by atoms with van der Waals surface area (Å²) in [4.78, 5) is 2.22. The summed E-state index contributed by atoms with van der Waals surface area (Å²) in [6, 6.07) is 12.0. The lowest BCUT2D eigenvalue weighted by molar-refractivity contribution is 0.188. The number of rotatable bonds is 6. The smallest absolute Gasteiger partial charge is 0.117 e. The van der Waals surface area contributed by atoms with Gasteiger partial charge in [0.2, 0.25) is 0 Å². The van der Waals surface area contributed by atoms with E-state index in [1.165, 1.54) is 5.56 Å². The van der Waals surface area contributed by atoms with Crippen molar-refractivity contribution in [3.8, 4) is 0 Å². The van der Waals surface area contributed by atoms with E-state index in [1.807, 2.05) is 36.4 Å². The summed E-state index contributed by atoms with van der Waals surface area (Å²) in [6.45, 7) is 2.84. The van der Waals surface area contributed by atoms with Crippen molar-refractivity contribution >= 4 is 11.6 Å². The first kappa shape index (κ1) is 15.1. The van der Waals surface area contributed by atoms with E-state index in [4.69, 9.17) is 21.8 Å². The molecule has 2 atom stereocenters. The predicted octanol–water partition coefficient (Wildman–Crippen LogP) is 3.84. The van der Waals surface area contributed by atoms with Crippen LogP contribution in [0.4, 0.5) is 0 Å². The highest BCUT2D eigenvalue weighted by atomic mass is 35.5. The Morgan fingerprint density at radius 3 is 2.50 bits per heavy atom. The van der Waals surface area contributed by atoms with Gasteiger partial charge in [-0.25, -0.2) is 0 Å². The van der Waals surface area contributed by atoms with E-state index < -0.39 is 0 Å². The molecule has 1 heterocycles. The van der Waals surface area contributed by atoms with Crippen LogP contribution in [0.5, 0.6) is 0 Å². The number of nitrogens with two attached hydrogens (primary N) is 1. The fourth-order valence-corrected chi connectivity index (χ4v) is 2.58. The predicted molar refractivity (Wildman–Crippen MR) is 82.6 cm³/mol. The van der Waals surface area contributed by atoms with Crippen LogP contribution in [-0.2, 0) is 6.54 Å². The van der Waals surface area contributed by atoms with Crippen LogP contribution in [0.15, 0.2) is 47.1 Å². The Morgan fingerprint density at radius 1 is 1.25 bits per heavy atom. The SMILES string of the molecule is CCC(N)C(c1ccc(Cl)cc1)N(C)Cc1ccco1. The third-order valence-corrected chi connectivity index (χ3v) is 3.80. The van der Waals surface area contributed by atoms with Crippen molar-refractivity contribution in [1.82, 2.24) is 4.90 Å². The monoisotopic (exact) mass is 292 g/mol. The Morgan fingerprint density at radius 2 is 1.95 bits per heavy atom. The topological polar surface area (TPSA) is 42.4 Å². The van der Waals surface area contributed by atoms with Crippen molar-refractivity contribution in [2.75, 3.05) is 7.05 Å². The summed E-state index contributed by atoms with van der Waals surface area (Å²) in [5.74, 6) is 0.940. The Bertz CT molecular complexity index is 510. The van der Waals surface area contributed by atoms with E-state index in [2.05, 4.69) is 18.9 Å². The first-order valence-electron chi connectivity index (χ1n) is 6.85. The molecule has 1 aromatic carbocycles. The zero-order valence-electron chi connectivity index (χ0n) is 11.9. The maximum absolute atomic E-state index is 6.31. The third-order valence-electron chi connectivity index (χ3n) is 3.55. The van der Waals surface area contributed by atoms with Gasteiger partial charge in [-0.05, 0) is 43.3 Å². The van der Waals surface area contributed by atoms with Crippen LogP contribution < -0.4 is 5.73 Å². The molecule has 2 N–H and O–H groups in total. The second-order valence-electron chi connectivity index (χ2n) is 5.06. The van der Waals surface area contributed by atoms with E-state index >= 15 is 0 Å². The van der Waals surface area contributed by atoms with Gasteiger partial charge in [0.15, 0.2) is 0 Å². The molecule has 3 nitrogen and oxygen atoms in total. The average molecular weight is 293 g/mol. The van der Waals surface area contributed by atoms with Gasteiger partial charge in [-0.1, -0.05) is 30.7 Å². The molecule has 0 aliphatic rings. The van der Waals surface area contributed by atoms with Crippen molar-refractivity contribution in [3.63, 3.8) is 0 Å². The van der Waals surface area contributed by atoms with Crippen LogP contribution >= 0.6 is 11.6 Å². The van der Waals surface area contributed by atoms with Gasteiger partial charge in [0.25, 0.3) is 0 Å². The van der Waals surface area contributed by atoms with Gasteiger partial charge in [-0.15, -0.1) is 0 Å². The van der Waals surface area contributed by atoms with E-state index in [-0.39, 0.29) is 12.1 Å². The zero-order valence-corrected chi connectivity index (χ0v) is 12.7. The first-order valence-corrected chi connectivity index (χ1v) is 7.23. The van der Waals surface area contributed by atoms with Crippen molar-refractivity contribution < 1.29 is 4.42 Å². The maximum Gasteiger partial charge on any atom is 0.117 e. The minimum Gasteiger partial charge on any atom is -0.468 e. The Hall–Kier alpha value is -1.29. The van der Waals surface area contributed by atoms with E-state index in [0.29, 0.717) is 0 Å². The Labute approximate surface area is 125 Å². The molecule has 108 valence electrons. The lowest BCUT2D eigenvalue weighted by atomic mass is 9.96. The molecule has 0 aliphatic heterocycles. The summed E-state index contributed by atoms with van der Waals surface area (Å²) in [7, 11) is 2.07. The van der Waals surface area contributed by atoms with Crippen LogP contribution in [0, 0.1) is 0 Å². The number of hydrogen-bond donors (Lipinski definition) is 1. The van der Waals surface area contributed by atoms with Crippen molar-refractivity contribution in [3.05, 3.63) is 59.0 Å². The Kier molecular flexibility index (Phi) is 5.24. The molecule has 0 fully saturated rings. The number of hydrogen-bond acceptors (Lipinski definition) is 3. The van der Waals surface area contributed by atoms with Crippen LogP contribution in [-0.4, -0.2) is 18.0 Å². The number of likely N-dealkylation sites (N-methyl/N-ethyl adjacent to an activating group) is 1. The lowest BCUT2D eigenvalue weighted by Gasteiger charge is -2.32.